The first kappa shape index (κ1) is 16.4. The van der Waals surface area contributed by atoms with E-state index in [1.165, 1.54) is 24.3 Å². The monoisotopic (exact) mass is 298 g/mol. The van der Waals surface area contributed by atoms with Crippen LogP contribution in [0.4, 0.5) is 0 Å². The molecule has 1 amide bonds. The first-order valence-corrected chi connectivity index (χ1v) is 7.46. The van der Waals surface area contributed by atoms with E-state index in [0.29, 0.717) is 25.3 Å². The van der Waals surface area contributed by atoms with Gasteiger partial charge in [0.25, 0.3) is 5.91 Å². The van der Waals surface area contributed by atoms with Crippen molar-refractivity contribution in [3.63, 3.8) is 0 Å². The van der Waals surface area contributed by atoms with E-state index in [2.05, 4.69) is 6.58 Å². The number of carbonyl (C=O) groups excluding carboxylic acids is 1. The van der Waals surface area contributed by atoms with Crippen LogP contribution in [0.1, 0.15) is 10.4 Å². The maximum absolute atomic E-state index is 12.2. The number of sulfonamides is 1. The number of benzene rings is 1. The Balaban J connectivity index is 2.91. The van der Waals surface area contributed by atoms with Gasteiger partial charge in [-0.15, -0.1) is 6.58 Å². The predicted octanol–water partition coefficient (Wildman–Crippen LogP) is 0.609. The molecule has 0 radical (unpaired) electrons. The van der Waals surface area contributed by atoms with Crippen molar-refractivity contribution in [2.45, 2.75) is 4.90 Å². The highest BCUT2D eigenvalue weighted by Gasteiger charge is 2.15. The predicted molar refractivity (Wildman–Crippen MR) is 75.8 cm³/mol. The Bertz CT molecular complexity index is 567. The molecule has 20 heavy (non-hydrogen) atoms. The zero-order valence-electron chi connectivity index (χ0n) is 11.3. The highest BCUT2D eigenvalue weighted by Crippen LogP contribution is 2.11. The molecule has 110 valence electrons. The lowest BCUT2D eigenvalue weighted by atomic mass is 10.2. The Morgan fingerprint density at radius 2 is 2.00 bits per heavy atom. The third-order valence-electron chi connectivity index (χ3n) is 2.63. The van der Waals surface area contributed by atoms with Gasteiger partial charge in [0.15, 0.2) is 0 Å². The Morgan fingerprint density at radius 1 is 1.40 bits per heavy atom. The molecular weight excluding hydrogens is 280 g/mol. The maximum Gasteiger partial charge on any atom is 0.254 e. The van der Waals surface area contributed by atoms with Crippen molar-refractivity contribution < 1.29 is 17.9 Å². The minimum absolute atomic E-state index is 0.0267. The van der Waals surface area contributed by atoms with E-state index in [4.69, 9.17) is 9.88 Å². The third kappa shape index (κ3) is 4.44. The van der Waals surface area contributed by atoms with Crippen LogP contribution in [-0.4, -0.2) is 46.0 Å². The van der Waals surface area contributed by atoms with Crippen LogP contribution in [-0.2, 0) is 14.8 Å². The molecule has 0 bridgehead atoms. The lowest BCUT2D eigenvalue weighted by Gasteiger charge is -2.20. The number of carbonyl (C=O) groups is 1. The number of rotatable bonds is 7. The average Bonchev–Trinajstić information content (AvgIpc) is 2.42. The molecule has 0 unspecified atom stereocenters. The first-order chi connectivity index (χ1) is 9.40. The van der Waals surface area contributed by atoms with Crippen molar-refractivity contribution in [2.24, 2.45) is 5.14 Å². The Labute approximate surface area is 118 Å². The van der Waals surface area contributed by atoms with E-state index in [1.807, 2.05) is 0 Å². The summed E-state index contributed by atoms with van der Waals surface area (Å²) in [6.07, 6.45) is 1.62. The molecule has 2 N–H and O–H groups in total. The summed E-state index contributed by atoms with van der Waals surface area (Å²) in [5.74, 6) is -0.220. The highest BCUT2D eigenvalue weighted by atomic mass is 32.2. The number of nitrogens with zero attached hydrogens (tertiary/aromatic N) is 1. The number of hydrogen-bond donors (Lipinski definition) is 1. The van der Waals surface area contributed by atoms with E-state index in [9.17, 15) is 13.2 Å². The summed E-state index contributed by atoms with van der Waals surface area (Å²) in [7, 11) is -2.20. The van der Waals surface area contributed by atoms with Crippen molar-refractivity contribution in [1.29, 1.82) is 0 Å². The summed E-state index contributed by atoms with van der Waals surface area (Å²) in [6.45, 7) is 4.83. The van der Waals surface area contributed by atoms with Crippen LogP contribution in [0.5, 0.6) is 0 Å². The fourth-order valence-electron chi connectivity index (χ4n) is 1.60. The SMILES string of the molecule is C=CCN(CCOC)C(=O)c1ccc(S(N)(=O)=O)cc1. The van der Waals surface area contributed by atoms with Gasteiger partial charge >= 0.3 is 0 Å². The van der Waals surface area contributed by atoms with E-state index in [1.54, 1.807) is 18.1 Å². The average molecular weight is 298 g/mol. The summed E-state index contributed by atoms with van der Waals surface area (Å²) < 4.78 is 27.2. The van der Waals surface area contributed by atoms with Gasteiger partial charge in [0, 0.05) is 25.8 Å². The summed E-state index contributed by atoms with van der Waals surface area (Å²) in [5, 5.41) is 5.00. The number of amides is 1. The van der Waals surface area contributed by atoms with Crippen LogP contribution in [0, 0.1) is 0 Å². The molecule has 1 aromatic carbocycles. The molecule has 0 aliphatic heterocycles. The lowest BCUT2D eigenvalue weighted by Crippen LogP contribution is -2.34. The van der Waals surface area contributed by atoms with Gasteiger partial charge in [-0.3, -0.25) is 4.79 Å². The van der Waals surface area contributed by atoms with Crippen LogP contribution >= 0.6 is 0 Å². The van der Waals surface area contributed by atoms with Gasteiger partial charge in [-0.2, -0.15) is 0 Å². The van der Waals surface area contributed by atoms with E-state index >= 15 is 0 Å². The van der Waals surface area contributed by atoms with Gasteiger partial charge in [-0.25, -0.2) is 13.6 Å². The number of ether oxygens (including phenoxy) is 1. The fraction of sp³-hybridized carbons (Fsp3) is 0.308. The second-order valence-corrected chi connectivity index (χ2v) is 5.66. The minimum atomic E-state index is -3.75. The Hall–Kier alpha value is -1.70. The van der Waals surface area contributed by atoms with Crippen LogP contribution in [0.2, 0.25) is 0 Å². The van der Waals surface area contributed by atoms with Crippen LogP contribution in [0.3, 0.4) is 0 Å². The van der Waals surface area contributed by atoms with E-state index in [-0.39, 0.29) is 10.8 Å². The molecule has 6 nitrogen and oxygen atoms in total. The van der Waals surface area contributed by atoms with Gasteiger partial charge in [0.1, 0.15) is 0 Å². The summed E-state index contributed by atoms with van der Waals surface area (Å²) in [4.78, 5) is 13.8. The smallest absolute Gasteiger partial charge is 0.254 e. The fourth-order valence-corrected chi connectivity index (χ4v) is 2.12. The van der Waals surface area contributed by atoms with Gasteiger partial charge in [0.05, 0.1) is 11.5 Å². The van der Waals surface area contributed by atoms with Gasteiger partial charge in [0.2, 0.25) is 10.0 Å². The molecule has 1 aromatic rings. The van der Waals surface area contributed by atoms with Crippen molar-refractivity contribution >= 4 is 15.9 Å². The number of nitrogens with two attached hydrogens (primary N) is 1. The molecule has 0 aliphatic carbocycles. The van der Waals surface area contributed by atoms with Crippen molar-refractivity contribution in [1.82, 2.24) is 4.90 Å². The molecule has 0 fully saturated rings. The van der Waals surface area contributed by atoms with Crippen LogP contribution < -0.4 is 5.14 Å². The van der Waals surface area contributed by atoms with Crippen molar-refractivity contribution in [2.75, 3.05) is 26.8 Å². The molecule has 0 atom stereocenters. The third-order valence-corrected chi connectivity index (χ3v) is 3.56. The van der Waals surface area contributed by atoms with E-state index in [0.717, 1.165) is 0 Å². The summed E-state index contributed by atoms with van der Waals surface area (Å²) >= 11 is 0. The number of hydrogen-bond acceptors (Lipinski definition) is 4. The molecule has 0 saturated heterocycles. The molecule has 0 heterocycles. The minimum Gasteiger partial charge on any atom is -0.383 e. The van der Waals surface area contributed by atoms with Gasteiger partial charge in [-0.1, -0.05) is 6.08 Å². The molecule has 7 heteroatoms. The lowest BCUT2D eigenvalue weighted by molar-refractivity contribution is 0.0718. The quantitative estimate of drug-likeness (QED) is 0.747. The van der Waals surface area contributed by atoms with Crippen molar-refractivity contribution in [3.8, 4) is 0 Å². The Morgan fingerprint density at radius 3 is 2.45 bits per heavy atom. The first-order valence-electron chi connectivity index (χ1n) is 5.92. The molecule has 1 rings (SSSR count). The zero-order chi connectivity index (χ0) is 15.2. The Kier molecular flexibility index (Phi) is 5.87. The maximum atomic E-state index is 12.2. The van der Waals surface area contributed by atoms with Crippen LogP contribution in [0.25, 0.3) is 0 Å². The highest BCUT2D eigenvalue weighted by molar-refractivity contribution is 7.89. The number of methoxy groups -OCH3 is 1. The molecule has 0 aliphatic rings. The molecule has 0 saturated carbocycles. The molecular formula is C13H18N2O4S. The zero-order valence-corrected chi connectivity index (χ0v) is 12.1. The standard InChI is InChI=1S/C13H18N2O4S/c1-3-8-15(9-10-19-2)13(16)11-4-6-12(7-5-11)20(14,17)18/h3-7H,1,8-10H2,2H3,(H2,14,17,18). The summed E-state index contributed by atoms with van der Waals surface area (Å²) in [5.41, 5.74) is 0.385. The number of primary sulfonamides is 1. The molecule has 0 aromatic heterocycles. The normalized spacial score (nSPS) is 11.1. The topological polar surface area (TPSA) is 89.7 Å². The van der Waals surface area contributed by atoms with E-state index < -0.39 is 10.0 Å². The summed E-state index contributed by atoms with van der Waals surface area (Å²) in [6, 6.07) is 5.49. The van der Waals surface area contributed by atoms with Crippen molar-refractivity contribution in [3.05, 3.63) is 42.5 Å². The second kappa shape index (κ2) is 7.18. The van der Waals surface area contributed by atoms with Gasteiger partial charge < -0.3 is 9.64 Å². The molecule has 0 spiro atoms. The largest absolute Gasteiger partial charge is 0.383 e. The second-order valence-electron chi connectivity index (χ2n) is 4.10. The van der Waals surface area contributed by atoms with Crippen LogP contribution in [0.15, 0.2) is 41.8 Å². The van der Waals surface area contributed by atoms with Gasteiger partial charge in [-0.05, 0) is 24.3 Å².